The average molecular weight is 206 g/mol. The summed E-state index contributed by atoms with van der Waals surface area (Å²) < 4.78 is 10.4. The first kappa shape index (κ1) is 9.57. The lowest BCUT2D eigenvalue weighted by Crippen LogP contribution is -1.98. The van der Waals surface area contributed by atoms with Gasteiger partial charge in [0.05, 0.1) is 19.8 Å². The Labute approximate surface area is 86.6 Å². The van der Waals surface area contributed by atoms with Crippen LogP contribution in [-0.2, 0) is 0 Å². The van der Waals surface area contributed by atoms with Crippen LogP contribution in [0.25, 0.3) is 0 Å². The first-order valence-electron chi connectivity index (χ1n) is 4.37. The van der Waals surface area contributed by atoms with Crippen molar-refractivity contribution in [2.24, 2.45) is 20.7 Å². The molecule has 78 valence electrons. The zero-order valence-corrected chi connectivity index (χ0v) is 8.41. The van der Waals surface area contributed by atoms with Crippen LogP contribution in [0.15, 0.2) is 38.9 Å². The van der Waals surface area contributed by atoms with Gasteiger partial charge >= 0.3 is 0 Å². The summed E-state index contributed by atoms with van der Waals surface area (Å²) in [5.74, 6) is 1.33. The zero-order chi connectivity index (χ0) is 10.7. The smallest absolute Gasteiger partial charge is 0.217 e. The third kappa shape index (κ3) is 1.65. The van der Waals surface area contributed by atoms with Crippen LogP contribution in [0.1, 0.15) is 11.7 Å². The molecule has 15 heavy (non-hydrogen) atoms. The minimum absolute atomic E-state index is 0.462. The van der Waals surface area contributed by atoms with Crippen LogP contribution in [-0.4, -0.2) is 14.2 Å². The molecule has 0 saturated heterocycles. The molecule has 6 nitrogen and oxygen atoms in total. The van der Waals surface area contributed by atoms with Crippen molar-refractivity contribution in [1.82, 2.24) is 0 Å². The molecule has 0 fully saturated rings. The molecule has 0 aromatic heterocycles. The first-order chi connectivity index (χ1) is 7.36. The van der Waals surface area contributed by atoms with Crippen LogP contribution in [0.3, 0.4) is 0 Å². The van der Waals surface area contributed by atoms with E-state index in [0.717, 1.165) is 5.56 Å². The number of hydrogen-bond acceptors (Lipinski definition) is 6. The lowest BCUT2D eigenvalue weighted by atomic mass is 10.1. The van der Waals surface area contributed by atoms with Gasteiger partial charge in [0.2, 0.25) is 6.17 Å². The predicted octanol–water partition coefficient (Wildman–Crippen LogP) is 2.54. The highest BCUT2D eigenvalue weighted by Gasteiger charge is 2.22. The molecule has 0 N–H and O–H groups in total. The fourth-order valence-corrected chi connectivity index (χ4v) is 1.42. The first-order valence-corrected chi connectivity index (χ1v) is 4.37. The summed E-state index contributed by atoms with van der Waals surface area (Å²) in [5, 5.41) is 14.6. The van der Waals surface area contributed by atoms with E-state index in [9.17, 15) is 0 Å². The Hall–Kier alpha value is -1.98. The van der Waals surface area contributed by atoms with Gasteiger partial charge in [-0.15, -0.1) is 10.2 Å². The molecule has 0 atom stereocenters. The van der Waals surface area contributed by atoms with Gasteiger partial charge in [-0.2, -0.15) is 0 Å². The normalized spacial score (nSPS) is 14.5. The monoisotopic (exact) mass is 206 g/mol. The Bertz CT molecular complexity index is 382. The Kier molecular flexibility index (Phi) is 2.57. The Morgan fingerprint density at radius 2 is 1.53 bits per heavy atom. The Morgan fingerprint density at radius 3 is 2.00 bits per heavy atom. The molecular formula is C9H10N4O2. The molecule has 1 heterocycles. The van der Waals surface area contributed by atoms with E-state index < -0.39 is 6.17 Å². The van der Waals surface area contributed by atoms with Crippen molar-refractivity contribution in [3.8, 4) is 11.5 Å². The molecule has 0 saturated carbocycles. The van der Waals surface area contributed by atoms with E-state index in [4.69, 9.17) is 9.47 Å². The van der Waals surface area contributed by atoms with Crippen LogP contribution in [0.5, 0.6) is 11.5 Å². The number of ether oxygens (including phenoxy) is 2. The molecule has 1 aliphatic heterocycles. The quantitative estimate of drug-likeness (QED) is 0.762. The Morgan fingerprint density at radius 1 is 1.00 bits per heavy atom. The third-order valence-corrected chi connectivity index (χ3v) is 2.09. The highest BCUT2D eigenvalue weighted by molar-refractivity contribution is 5.46. The van der Waals surface area contributed by atoms with E-state index in [-0.39, 0.29) is 0 Å². The van der Waals surface area contributed by atoms with Crippen molar-refractivity contribution in [3.63, 3.8) is 0 Å². The van der Waals surface area contributed by atoms with Crippen LogP contribution in [0, 0.1) is 0 Å². The largest absolute Gasteiger partial charge is 0.496 e. The van der Waals surface area contributed by atoms with Crippen molar-refractivity contribution in [3.05, 3.63) is 23.8 Å². The summed E-state index contributed by atoms with van der Waals surface area (Å²) in [7, 11) is 3.17. The second-order valence-electron chi connectivity index (χ2n) is 2.86. The number of benzene rings is 1. The molecule has 0 spiro atoms. The number of hydrogen-bond donors (Lipinski definition) is 0. The molecule has 1 aromatic rings. The minimum atomic E-state index is -0.462. The third-order valence-electron chi connectivity index (χ3n) is 2.09. The Balaban J connectivity index is 2.49. The van der Waals surface area contributed by atoms with E-state index in [1.165, 1.54) is 0 Å². The average Bonchev–Trinajstić information content (AvgIpc) is 2.81. The highest BCUT2D eigenvalue weighted by Crippen LogP contribution is 2.38. The second kappa shape index (κ2) is 4.04. The summed E-state index contributed by atoms with van der Waals surface area (Å²) >= 11 is 0. The van der Waals surface area contributed by atoms with Gasteiger partial charge in [-0.25, -0.2) is 0 Å². The predicted molar refractivity (Wildman–Crippen MR) is 52.0 cm³/mol. The number of methoxy groups -OCH3 is 2. The topological polar surface area (TPSA) is 67.9 Å². The van der Waals surface area contributed by atoms with E-state index in [1.54, 1.807) is 14.2 Å². The summed E-state index contributed by atoms with van der Waals surface area (Å²) in [5.41, 5.74) is 0.743. The molecular weight excluding hydrogens is 196 g/mol. The van der Waals surface area contributed by atoms with Crippen molar-refractivity contribution in [1.29, 1.82) is 0 Å². The van der Waals surface area contributed by atoms with Gasteiger partial charge in [0.15, 0.2) is 0 Å². The van der Waals surface area contributed by atoms with Gasteiger partial charge < -0.3 is 9.47 Å². The van der Waals surface area contributed by atoms with Gasteiger partial charge in [0.25, 0.3) is 0 Å². The van der Waals surface area contributed by atoms with E-state index in [0.29, 0.717) is 11.5 Å². The fraction of sp³-hybridized carbons (Fsp3) is 0.333. The lowest BCUT2D eigenvalue weighted by Gasteiger charge is -2.12. The zero-order valence-electron chi connectivity index (χ0n) is 8.41. The molecule has 0 amide bonds. The van der Waals surface area contributed by atoms with E-state index in [2.05, 4.69) is 20.7 Å². The highest BCUT2D eigenvalue weighted by atomic mass is 16.5. The van der Waals surface area contributed by atoms with Crippen molar-refractivity contribution in [2.75, 3.05) is 14.2 Å². The van der Waals surface area contributed by atoms with Gasteiger partial charge in [-0.1, -0.05) is 6.07 Å². The van der Waals surface area contributed by atoms with Crippen molar-refractivity contribution < 1.29 is 9.47 Å². The fourth-order valence-electron chi connectivity index (χ4n) is 1.42. The summed E-state index contributed by atoms with van der Waals surface area (Å²) in [4.78, 5) is 0. The van der Waals surface area contributed by atoms with Gasteiger partial charge in [-0.3, -0.25) is 0 Å². The van der Waals surface area contributed by atoms with E-state index >= 15 is 0 Å². The summed E-state index contributed by atoms with van der Waals surface area (Å²) in [6.45, 7) is 0. The summed E-state index contributed by atoms with van der Waals surface area (Å²) in [6, 6.07) is 5.48. The maximum atomic E-state index is 5.22. The van der Waals surface area contributed by atoms with Crippen molar-refractivity contribution >= 4 is 0 Å². The molecule has 2 rings (SSSR count). The maximum absolute atomic E-state index is 5.22. The standard InChI is InChI=1S/C9H10N4O2/c1-14-6-4-3-5-7(15-2)8(6)9-10-12-13-11-9/h3-5,9H,1-2H3. The molecule has 0 unspecified atom stereocenters. The van der Waals surface area contributed by atoms with Crippen LogP contribution in [0.4, 0.5) is 0 Å². The van der Waals surface area contributed by atoms with E-state index in [1.807, 2.05) is 18.2 Å². The van der Waals surface area contributed by atoms with Gasteiger partial charge in [0.1, 0.15) is 11.5 Å². The minimum Gasteiger partial charge on any atom is -0.496 e. The number of rotatable bonds is 3. The molecule has 0 bridgehead atoms. The van der Waals surface area contributed by atoms with Gasteiger partial charge in [-0.05, 0) is 22.6 Å². The second-order valence-corrected chi connectivity index (χ2v) is 2.86. The molecule has 6 heteroatoms. The summed E-state index contributed by atoms with van der Waals surface area (Å²) in [6.07, 6.45) is -0.462. The molecule has 0 aliphatic carbocycles. The molecule has 0 radical (unpaired) electrons. The van der Waals surface area contributed by atoms with Crippen LogP contribution in [0.2, 0.25) is 0 Å². The number of nitrogens with zero attached hydrogens (tertiary/aromatic N) is 4. The molecule has 1 aromatic carbocycles. The lowest BCUT2D eigenvalue weighted by molar-refractivity contribution is 0.380. The van der Waals surface area contributed by atoms with Crippen LogP contribution >= 0.6 is 0 Å². The molecule has 1 aliphatic rings. The SMILES string of the molecule is COc1cccc(OC)c1C1N=NN=N1. The van der Waals surface area contributed by atoms with Crippen molar-refractivity contribution in [2.45, 2.75) is 6.17 Å². The maximum Gasteiger partial charge on any atom is 0.217 e. The van der Waals surface area contributed by atoms with Gasteiger partial charge in [0, 0.05) is 0 Å². The van der Waals surface area contributed by atoms with Crippen LogP contribution < -0.4 is 9.47 Å².